The van der Waals surface area contributed by atoms with Crippen LogP contribution in [0.15, 0.2) is 12.1 Å². The first kappa shape index (κ1) is 11.5. The molecule has 0 bridgehead atoms. The highest BCUT2D eigenvalue weighted by molar-refractivity contribution is 7.16. The van der Waals surface area contributed by atoms with Gasteiger partial charge >= 0.3 is 0 Å². The lowest BCUT2D eigenvalue weighted by molar-refractivity contribution is -0.121. The smallest absolute Gasteiger partial charge is 0.236 e. The Hall–Kier alpha value is -0.580. The molecule has 3 N–H and O–H groups in total. The first-order valence-corrected chi connectivity index (χ1v) is 5.56. The number of amides is 1. The molecule has 1 heterocycles. The lowest BCUT2D eigenvalue weighted by Gasteiger charge is -2.06. The minimum absolute atomic E-state index is 0.118. The number of carbonyl (C=O) groups is 1. The van der Waals surface area contributed by atoms with Crippen LogP contribution in [0.5, 0.6) is 0 Å². The monoisotopic (exact) mass is 232 g/mol. The van der Waals surface area contributed by atoms with Gasteiger partial charge in [0.2, 0.25) is 5.91 Å². The standard InChI is InChI=1S/C9H13ClN2OS/c1-6(11)9(13)12-5-4-7-2-3-8(10)14-7/h2-3,6H,4-5,11H2,1H3,(H,12,13)/t6-/m1/s1. The Kier molecular flexibility index (Phi) is 4.38. The van der Waals surface area contributed by atoms with Crippen molar-refractivity contribution in [3.05, 3.63) is 21.3 Å². The van der Waals surface area contributed by atoms with Crippen molar-refractivity contribution in [1.82, 2.24) is 5.32 Å². The lowest BCUT2D eigenvalue weighted by atomic mass is 10.3. The number of carbonyl (C=O) groups excluding carboxylic acids is 1. The van der Waals surface area contributed by atoms with Crippen molar-refractivity contribution in [2.45, 2.75) is 19.4 Å². The van der Waals surface area contributed by atoms with Gasteiger partial charge in [-0.1, -0.05) is 11.6 Å². The number of thiophene rings is 1. The van der Waals surface area contributed by atoms with Gasteiger partial charge < -0.3 is 11.1 Å². The molecule has 0 saturated heterocycles. The van der Waals surface area contributed by atoms with Crippen LogP contribution in [-0.4, -0.2) is 18.5 Å². The van der Waals surface area contributed by atoms with Crippen LogP contribution >= 0.6 is 22.9 Å². The zero-order chi connectivity index (χ0) is 10.6. The summed E-state index contributed by atoms with van der Waals surface area (Å²) < 4.78 is 0.776. The Morgan fingerprint density at radius 3 is 2.93 bits per heavy atom. The molecule has 1 amide bonds. The first-order valence-electron chi connectivity index (χ1n) is 4.37. The molecule has 0 aliphatic heterocycles. The molecule has 5 heteroatoms. The highest BCUT2D eigenvalue weighted by Crippen LogP contribution is 2.21. The fraction of sp³-hybridized carbons (Fsp3) is 0.444. The summed E-state index contributed by atoms with van der Waals surface area (Å²) in [6.07, 6.45) is 0.801. The zero-order valence-corrected chi connectivity index (χ0v) is 9.49. The number of halogens is 1. The fourth-order valence-corrected chi connectivity index (χ4v) is 2.04. The average molecular weight is 233 g/mol. The minimum Gasteiger partial charge on any atom is -0.354 e. The largest absolute Gasteiger partial charge is 0.354 e. The van der Waals surface area contributed by atoms with E-state index in [0.717, 1.165) is 10.8 Å². The molecule has 3 nitrogen and oxygen atoms in total. The van der Waals surface area contributed by atoms with Gasteiger partial charge in [0.1, 0.15) is 0 Å². The zero-order valence-electron chi connectivity index (χ0n) is 7.92. The molecule has 0 fully saturated rings. The third-order valence-corrected chi connectivity index (χ3v) is 3.00. The topological polar surface area (TPSA) is 55.1 Å². The van der Waals surface area contributed by atoms with Crippen LogP contribution in [0.3, 0.4) is 0 Å². The maximum absolute atomic E-state index is 11.1. The van der Waals surface area contributed by atoms with Gasteiger partial charge in [-0.3, -0.25) is 4.79 Å². The van der Waals surface area contributed by atoms with Crippen molar-refractivity contribution in [3.63, 3.8) is 0 Å². The summed E-state index contributed by atoms with van der Waals surface area (Å²) >= 11 is 7.29. The van der Waals surface area contributed by atoms with Crippen LogP contribution in [0.1, 0.15) is 11.8 Å². The van der Waals surface area contributed by atoms with Gasteiger partial charge in [-0.15, -0.1) is 11.3 Å². The molecule has 0 spiro atoms. The third-order valence-electron chi connectivity index (χ3n) is 1.71. The molecule has 78 valence electrons. The van der Waals surface area contributed by atoms with E-state index in [0.29, 0.717) is 6.54 Å². The molecule has 1 rings (SSSR count). The summed E-state index contributed by atoms with van der Waals surface area (Å²) in [5.74, 6) is -0.118. The van der Waals surface area contributed by atoms with E-state index in [1.807, 2.05) is 12.1 Å². The number of nitrogens with two attached hydrogens (primary N) is 1. The van der Waals surface area contributed by atoms with E-state index in [1.54, 1.807) is 6.92 Å². The van der Waals surface area contributed by atoms with Gasteiger partial charge in [0.25, 0.3) is 0 Å². The van der Waals surface area contributed by atoms with Crippen LogP contribution in [0.4, 0.5) is 0 Å². The second kappa shape index (κ2) is 5.34. The normalized spacial score (nSPS) is 12.5. The van der Waals surface area contributed by atoms with Crippen LogP contribution in [0.2, 0.25) is 4.34 Å². The van der Waals surface area contributed by atoms with Crippen molar-refractivity contribution in [3.8, 4) is 0 Å². The summed E-state index contributed by atoms with van der Waals surface area (Å²) in [5, 5.41) is 2.74. The summed E-state index contributed by atoms with van der Waals surface area (Å²) in [7, 11) is 0. The van der Waals surface area contributed by atoms with Gasteiger partial charge in [-0.25, -0.2) is 0 Å². The maximum atomic E-state index is 11.1. The molecule has 0 unspecified atom stereocenters. The van der Waals surface area contributed by atoms with E-state index < -0.39 is 6.04 Å². The number of nitrogens with one attached hydrogen (secondary N) is 1. The minimum atomic E-state index is -0.443. The Morgan fingerprint density at radius 1 is 1.71 bits per heavy atom. The van der Waals surface area contributed by atoms with Gasteiger partial charge in [0.05, 0.1) is 10.4 Å². The van der Waals surface area contributed by atoms with Crippen LogP contribution in [0, 0.1) is 0 Å². The highest BCUT2D eigenvalue weighted by Gasteiger charge is 2.05. The molecular formula is C9H13ClN2OS. The van der Waals surface area contributed by atoms with E-state index >= 15 is 0 Å². The van der Waals surface area contributed by atoms with Crippen molar-refractivity contribution in [2.24, 2.45) is 5.73 Å². The van der Waals surface area contributed by atoms with Gasteiger partial charge in [-0.2, -0.15) is 0 Å². The number of rotatable bonds is 4. The predicted octanol–water partition coefficient (Wildman–Crippen LogP) is 1.41. The van der Waals surface area contributed by atoms with E-state index in [2.05, 4.69) is 5.32 Å². The molecule has 0 aromatic carbocycles. The summed E-state index contributed by atoms with van der Waals surface area (Å²) in [6.45, 7) is 2.27. The fourth-order valence-electron chi connectivity index (χ4n) is 0.956. The van der Waals surface area contributed by atoms with Gasteiger partial charge in [0.15, 0.2) is 0 Å². The highest BCUT2D eigenvalue weighted by atomic mass is 35.5. The van der Waals surface area contributed by atoms with E-state index in [-0.39, 0.29) is 5.91 Å². The number of hydrogen-bond donors (Lipinski definition) is 2. The maximum Gasteiger partial charge on any atom is 0.236 e. The average Bonchev–Trinajstić information content (AvgIpc) is 2.51. The Morgan fingerprint density at radius 2 is 2.43 bits per heavy atom. The van der Waals surface area contributed by atoms with Crippen molar-refractivity contribution >= 4 is 28.8 Å². The van der Waals surface area contributed by atoms with Crippen LogP contribution < -0.4 is 11.1 Å². The van der Waals surface area contributed by atoms with Crippen molar-refractivity contribution in [2.75, 3.05) is 6.54 Å². The number of hydrogen-bond acceptors (Lipinski definition) is 3. The molecule has 1 atom stereocenters. The Bertz CT molecular complexity index is 312. The van der Waals surface area contributed by atoms with Gasteiger partial charge in [0, 0.05) is 11.4 Å². The Labute approximate surface area is 92.3 Å². The summed E-state index contributed by atoms with van der Waals surface area (Å²) in [5.41, 5.74) is 5.39. The summed E-state index contributed by atoms with van der Waals surface area (Å²) in [6, 6.07) is 3.38. The third kappa shape index (κ3) is 3.65. The molecule has 0 saturated carbocycles. The predicted molar refractivity (Wildman–Crippen MR) is 59.7 cm³/mol. The van der Waals surface area contributed by atoms with E-state index in [4.69, 9.17) is 17.3 Å². The molecule has 14 heavy (non-hydrogen) atoms. The molecule has 1 aromatic heterocycles. The first-order chi connectivity index (χ1) is 6.59. The van der Waals surface area contributed by atoms with E-state index in [1.165, 1.54) is 16.2 Å². The van der Waals surface area contributed by atoms with Crippen LogP contribution in [0.25, 0.3) is 0 Å². The quantitative estimate of drug-likeness (QED) is 0.825. The second-order valence-electron chi connectivity index (χ2n) is 3.04. The Balaban J connectivity index is 2.25. The molecule has 0 aliphatic carbocycles. The van der Waals surface area contributed by atoms with Crippen molar-refractivity contribution in [1.29, 1.82) is 0 Å². The van der Waals surface area contributed by atoms with Crippen molar-refractivity contribution < 1.29 is 4.79 Å². The van der Waals surface area contributed by atoms with Gasteiger partial charge in [-0.05, 0) is 25.5 Å². The SMILES string of the molecule is C[C@@H](N)C(=O)NCCc1ccc(Cl)s1. The molecule has 0 radical (unpaired) electrons. The second-order valence-corrected chi connectivity index (χ2v) is 4.84. The molecule has 1 aromatic rings. The van der Waals surface area contributed by atoms with Crippen LogP contribution in [-0.2, 0) is 11.2 Å². The molecular weight excluding hydrogens is 220 g/mol. The van der Waals surface area contributed by atoms with E-state index in [9.17, 15) is 4.79 Å². The lowest BCUT2D eigenvalue weighted by Crippen LogP contribution is -2.39. The molecule has 0 aliphatic rings. The summed E-state index contributed by atoms with van der Waals surface area (Å²) in [4.78, 5) is 12.2.